The molecule has 2 aromatic heterocycles. The summed E-state index contributed by atoms with van der Waals surface area (Å²) in [4.78, 5) is 23.6. The van der Waals surface area contributed by atoms with Crippen LogP contribution in [0, 0.1) is 6.92 Å². The number of halogens is 4. The first-order valence-corrected chi connectivity index (χ1v) is 9.74. The molecule has 2 heterocycles. The van der Waals surface area contributed by atoms with Gasteiger partial charge in [0.25, 0.3) is 0 Å². The van der Waals surface area contributed by atoms with Gasteiger partial charge in [0.1, 0.15) is 5.82 Å². The minimum Gasteiger partial charge on any atom is -0.370 e. The van der Waals surface area contributed by atoms with Crippen molar-refractivity contribution in [3.8, 4) is 0 Å². The van der Waals surface area contributed by atoms with E-state index >= 15 is 0 Å². The lowest BCUT2D eigenvalue weighted by Crippen LogP contribution is -2.22. The number of nitrogens with one attached hydrogen (secondary N) is 4. The van der Waals surface area contributed by atoms with Crippen LogP contribution in [0.15, 0.2) is 42.7 Å². The molecule has 0 bridgehead atoms. The van der Waals surface area contributed by atoms with Gasteiger partial charge in [-0.05, 0) is 49.6 Å². The van der Waals surface area contributed by atoms with Gasteiger partial charge in [0, 0.05) is 36.4 Å². The van der Waals surface area contributed by atoms with Crippen molar-refractivity contribution in [2.75, 3.05) is 22.5 Å². The monoisotopic (exact) mass is 452 g/mol. The third kappa shape index (κ3) is 6.61. The molecule has 0 spiro atoms. The Labute approximate surface area is 181 Å². The number of benzene rings is 1. The van der Waals surface area contributed by atoms with Gasteiger partial charge in [-0.25, -0.2) is 9.78 Å². The van der Waals surface area contributed by atoms with Crippen LogP contribution in [0.5, 0.6) is 0 Å². The normalized spacial score (nSPS) is 11.3. The Bertz CT molecular complexity index is 1040. The quantitative estimate of drug-likeness (QED) is 0.357. The van der Waals surface area contributed by atoms with E-state index in [1.807, 2.05) is 18.5 Å². The highest BCUT2D eigenvalue weighted by Crippen LogP contribution is 2.36. The number of carbonyl (C=O) groups excluding carboxylic acids is 1. The number of nitrogens with zero attached hydrogens (tertiary/aromatic N) is 2. The van der Waals surface area contributed by atoms with Gasteiger partial charge in [-0.15, -0.1) is 0 Å². The summed E-state index contributed by atoms with van der Waals surface area (Å²) in [5.74, 6) is 0.554. The maximum Gasteiger partial charge on any atom is 0.417 e. The Hall–Kier alpha value is -3.27. The molecule has 0 radical (unpaired) electrons. The molecule has 1 aromatic carbocycles. The third-order valence-electron chi connectivity index (χ3n) is 4.22. The Morgan fingerprint density at radius 2 is 1.97 bits per heavy atom. The van der Waals surface area contributed by atoms with Crippen LogP contribution in [0.4, 0.5) is 35.4 Å². The van der Waals surface area contributed by atoms with Crippen molar-refractivity contribution in [3.63, 3.8) is 0 Å². The van der Waals surface area contributed by atoms with Gasteiger partial charge in [0.2, 0.25) is 5.95 Å². The maximum absolute atomic E-state index is 13.0. The summed E-state index contributed by atoms with van der Waals surface area (Å²) in [6, 6.07) is 6.06. The zero-order valence-electron chi connectivity index (χ0n) is 16.5. The number of H-pyrrole nitrogens is 1. The van der Waals surface area contributed by atoms with E-state index in [1.165, 1.54) is 11.6 Å². The van der Waals surface area contributed by atoms with Crippen LogP contribution in [0.1, 0.15) is 23.2 Å². The van der Waals surface area contributed by atoms with Crippen molar-refractivity contribution in [3.05, 3.63) is 64.6 Å². The number of rotatable bonds is 7. The average Bonchev–Trinajstić information content (AvgIpc) is 3.19. The lowest BCUT2D eigenvalue weighted by atomic mass is 10.2. The summed E-state index contributed by atoms with van der Waals surface area (Å²) in [6.07, 6.45) is 0.950. The Morgan fingerprint density at radius 3 is 2.68 bits per heavy atom. The molecule has 0 saturated carbocycles. The fourth-order valence-corrected chi connectivity index (χ4v) is 3.05. The number of aryl methyl sites for hydroxylation is 2. The number of carbonyl (C=O) groups is 1. The summed E-state index contributed by atoms with van der Waals surface area (Å²) >= 11 is 5.59. The zero-order chi connectivity index (χ0) is 22.4. The van der Waals surface area contributed by atoms with E-state index in [0.717, 1.165) is 25.0 Å². The molecule has 3 aromatic rings. The predicted molar refractivity (Wildman–Crippen MR) is 113 cm³/mol. The standard InChI is InChI=1S/C20H20ClF3N6O/c1-12-9-17(26-7-2-3-13-6-8-25-11-13)29-18(27-12)30-19(31)28-14-4-5-16(21)15(10-14)20(22,23)24/h4-6,8-11,25H,2-3,7H2,1H3,(H3,26,27,28,29,30,31). The van der Waals surface area contributed by atoms with Gasteiger partial charge in [0.05, 0.1) is 10.6 Å². The molecule has 164 valence electrons. The van der Waals surface area contributed by atoms with Crippen LogP contribution in [-0.4, -0.2) is 27.5 Å². The Kier molecular flexibility index (Phi) is 7.01. The van der Waals surface area contributed by atoms with Crippen LogP contribution < -0.4 is 16.0 Å². The van der Waals surface area contributed by atoms with Crippen LogP contribution in [0.3, 0.4) is 0 Å². The number of urea groups is 1. The molecule has 2 amide bonds. The smallest absolute Gasteiger partial charge is 0.370 e. The SMILES string of the molecule is Cc1cc(NCCCc2cc[nH]c2)nc(NC(=O)Nc2ccc(Cl)c(C(F)(F)F)c2)n1. The van der Waals surface area contributed by atoms with Gasteiger partial charge in [-0.2, -0.15) is 18.2 Å². The van der Waals surface area contributed by atoms with Crippen LogP contribution in [0.25, 0.3) is 0 Å². The lowest BCUT2D eigenvalue weighted by molar-refractivity contribution is -0.137. The Balaban J connectivity index is 1.58. The number of amides is 2. The summed E-state index contributed by atoms with van der Waals surface area (Å²) in [5.41, 5.74) is 0.717. The molecule has 0 unspecified atom stereocenters. The molecule has 0 aliphatic rings. The average molecular weight is 453 g/mol. The van der Waals surface area contributed by atoms with Crippen LogP contribution in [-0.2, 0) is 12.6 Å². The first-order valence-electron chi connectivity index (χ1n) is 9.37. The minimum absolute atomic E-state index is 0.0237. The number of aromatic amines is 1. The molecule has 0 atom stereocenters. The summed E-state index contributed by atoms with van der Waals surface area (Å²) < 4.78 is 38.9. The second kappa shape index (κ2) is 9.69. The predicted octanol–water partition coefficient (Wildman–Crippen LogP) is 5.47. The van der Waals surface area contributed by atoms with E-state index in [4.69, 9.17) is 11.6 Å². The number of anilines is 3. The number of aromatic nitrogens is 3. The van der Waals surface area contributed by atoms with Crippen molar-refractivity contribution in [1.29, 1.82) is 0 Å². The number of alkyl halides is 3. The van der Waals surface area contributed by atoms with E-state index in [9.17, 15) is 18.0 Å². The van der Waals surface area contributed by atoms with E-state index in [2.05, 4.69) is 30.9 Å². The molecule has 7 nitrogen and oxygen atoms in total. The van der Waals surface area contributed by atoms with Gasteiger partial charge in [-0.1, -0.05) is 11.6 Å². The molecule has 31 heavy (non-hydrogen) atoms. The van der Waals surface area contributed by atoms with E-state index in [0.29, 0.717) is 18.1 Å². The van der Waals surface area contributed by atoms with Crippen molar-refractivity contribution in [2.45, 2.75) is 25.9 Å². The highest BCUT2D eigenvalue weighted by Gasteiger charge is 2.33. The highest BCUT2D eigenvalue weighted by atomic mass is 35.5. The van der Waals surface area contributed by atoms with Crippen molar-refractivity contribution in [2.24, 2.45) is 0 Å². The molecule has 0 fully saturated rings. The number of hydrogen-bond acceptors (Lipinski definition) is 4. The van der Waals surface area contributed by atoms with Crippen LogP contribution >= 0.6 is 11.6 Å². The molecule has 11 heteroatoms. The van der Waals surface area contributed by atoms with Gasteiger partial charge in [-0.3, -0.25) is 5.32 Å². The fraction of sp³-hybridized carbons (Fsp3) is 0.250. The molecule has 0 saturated heterocycles. The van der Waals surface area contributed by atoms with Gasteiger partial charge in [0.15, 0.2) is 0 Å². The second-order valence-corrected chi connectivity index (χ2v) is 7.15. The first kappa shape index (κ1) is 22.4. The van der Waals surface area contributed by atoms with Crippen molar-refractivity contribution in [1.82, 2.24) is 15.0 Å². The molecule has 0 aliphatic carbocycles. The largest absolute Gasteiger partial charge is 0.417 e. The lowest BCUT2D eigenvalue weighted by Gasteiger charge is -2.12. The summed E-state index contributed by atoms with van der Waals surface area (Å²) in [5, 5.41) is 7.47. The number of hydrogen-bond donors (Lipinski definition) is 4. The first-order chi connectivity index (χ1) is 14.7. The topological polar surface area (TPSA) is 94.7 Å². The molecule has 0 aliphatic heterocycles. The van der Waals surface area contributed by atoms with Crippen LogP contribution in [0.2, 0.25) is 5.02 Å². The molecular weight excluding hydrogens is 433 g/mol. The molecule has 4 N–H and O–H groups in total. The molecular formula is C20H20ClF3N6O. The van der Waals surface area contributed by atoms with Gasteiger partial charge >= 0.3 is 12.2 Å². The molecule has 3 rings (SSSR count). The van der Waals surface area contributed by atoms with E-state index in [1.54, 1.807) is 13.0 Å². The second-order valence-electron chi connectivity index (χ2n) is 6.74. The third-order valence-corrected chi connectivity index (χ3v) is 4.55. The highest BCUT2D eigenvalue weighted by molar-refractivity contribution is 6.31. The summed E-state index contributed by atoms with van der Waals surface area (Å²) in [6.45, 7) is 2.41. The van der Waals surface area contributed by atoms with E-state index in [-0.39, 0.29) is 11.6 Å². The minimum atomic E-state index is -4.63. The zero-order valence-corrected chi connectivity index (χ0v) is 17.2. The van der Waals surface area contributed by atoms with Gasteiger partial charge < -0.3 is 15.6 Å². The van der Waals surface area contributed by atoms with Crippen molar-refractivity contribution >= 4 is 35.1 Å². The fourth-order valence-electron chi connectivity index (χ4n) is 2.82. The Morgan fingerprint density at radius 1 is 1.16 bits per heavy atom. The van der Waals surface area contributed by atoms with E-state index < -0.39 is 22.8 Å². The maximum atomic E-state index is 13.0. The van der Waals surface area contributed by atoms with Crippen molar-refractivity contribution < 1.29 is 18.0 Å². The summed E-state index contributed by atoms with van der Waals surface area (Å²) in [7, 11) is 0.